The van der Waals surface area contributed by atoms with E-state index in [0.717, 1.165) is 17.5 Å². The summed E-state index contributed by atoms with van der Waals surface area (Å²) < 4.78 is 5.86. The third-order valence-electron chi connectivity index (χ3n) is 4.56. The van der Waals surface area contributed by atoms with E-state index in [1.54, 1.807) is 12.1 Å². The zero-order valence-electron chi connectivity index (χ0n) is 15.4. The van der Waals surface area contributed by atoms with Crippen LogP contribution in [0.25, 0.3) is 22.6 Å². The van der Waals surface area contributed by atoms with Crippen molar-refractivity contribution in [1.29, 1.82) is 0 Å². The fourth-order valence-electron chi connectivity index (χ4n) is 3.00. The molecule has 1 amide bonds. The number of fused-ring (bicyclic) bond motifs is 1. The van der Waals surface area contributed by atoms with Gasteiger partial charge in [-0.3, -0.25) is 4.79 Å². The van der Waals surface area contributed by atoms with E-state index in [2.05, 4.69) is 29.4 Å². The standard InChI is InChI=1S/C23H19ClN2O2/c1-2-15-3-7-17(8-4-15)23-26-20-14-19(11-12-21(20)28-23)25-22(27)13-16-5-9-18(24)10-6-16/h3-12,14H,2,13H2,1H3,(H,25,27). The number of hydrogen-bond acceptors (Lipinski definition) is 3. The molecular weight excluding hydrogens is 372 g/mol. The monoisotopic (exact) mass is 390 g/mol. The molecule has 1 aromatic heterocycles. The van der Waals surface area contributed by atoms with Crippen molar-refractivity contribution in [3.63, 3.8) is 0 Å². The summed E-state index contributed by atoms with van der Waals surface area (Å²) in [5, 5.41) is 3.56. The number of carbonyl (C=O) groups is 1. The van der Waals surface area contributed by atoms with Crippen LogP contribution >= 0.6 is 11.6 Å². The third-order valence-corrected chi connectivity index (χ3v) is 4.81. The summed E-state index contributed by atoms with van der Waals surface area (Å²) in [7, 11) is 0. The largest absolute Gasteiger partial charge is 0.436 e. The van der Waals surface area contributed by atoms with Crippen LogP contribution in [0.3, 0.4) is 0 Å². The topological polar surface area (TPSA) is 55.1 Å². The molecule has 0 aliphatic rings. The minimum atomic E-state index is -0.0967. The van der Waals surface area contributed by atoms with Crippen LogP contribution in [-0.4, -0.2) is 10.9 Å². The van der Waals surface area contributed by atoms with E-state index in [1.165, 1.54) is 5.56 Å². The van der Waals surface area contributed by atoms with Crippen LogP contribution in [-0.2, 0) is 17.6 Å². The minimum absolute atomic E-state index is 0.0967. The van der Waals surface area contributed by atoms with Crippen LogP contribution in [0, 0.1) is 0 Å². The summed E-state index contributed by atoms with van der Waals surface area (Å²) in [4.78, 5) is 16.9. The lowest BCUT2D eigenvalue weighted by Gasteiger charge is -2.05. The number of aromatic nitrogens is 1. The number of amides is 1. The van der Waals surface area contributed by atoms with Crippen molar-refractivity contribution in [1.82, 2.24) is 4.98 Å². The molecule has 5 heteroatoms. The fourth-order valence-corrected chi connectivity index (χ4v) is 3.13. The predicted molar refractivity (Wildman–Crippen MR) is 113 cm³/mol. The van der Waals surface area contributed by atoms with E-state index in [1.807, 2.05) is 42.5 Å². The molecule has 0 spiro atoms. The first kappa shape index (κ1) is 18.3. The van der Waals surface area contributed by atoms with Gasteiger partial charge in [-0.2, -0.15) is 0 Å². The van der Waals surface area contributed by atoms with Gasteiger partial charge >= 0.3 is 0 Å². The van der Waals surface area contributed by atoms with Gasteiger partial charge in [0.2, 0.25) is 11.8 Å². The summed E-state index contributed by atoms with van der Waals surface area (Å²) in [6.45, 7) is 2.12. The zero-order valence-corrected chi connectivity index (χ0v) is 16.2. The number of nitrogens with zero attached hydrogens (tertiary/aromatic N) is 1. The van der Waals surface area contributed by atoms with Gasteiger partial charge in [0.15, 0.2) is 5.58 Å². The number of hydrogen-bond donors (Lipinski definition) is 1. The molecule has 0 bridgehead atoms. The van der Waals surface area contributed by atoms with Crippen molar-refractivity contribution in [3.8, 4) is 11.5 Å². The Hall–Kier alpha value is -3.11. The second-order valence-electron chi connectivity index (χ2n) is 6.60. The van der Waals surface area contributed by atoms with Crippen LogP contribution in [0.5, 0.6) is 0 Å². The van der Waals surface area contributed by atoms with Crippen molar-refractivity contribution in [2.24, 2.45) is 0 Å². The first-order chi connectivity index (χ1) is 13.6. The van der Waals surface area contributed by atoms with Gasteiger partial charge < -0.3 is 9.73 Å². The highest BCUT2D eigenvalue weighted by Gasteiger charge is 2.10. The SMILES string of the molecule is CCc1ccc(-c2nc3cc(NC(=O)Cc4ccc(Cl)cc4)ccc3o2)cc1. The van der Waals surface area contributed by atoms with E-state index in [4.69, 9.17) is 16.0 Å². The van der Waals surface area contributed by atoms with Crippen LogP contribution < -0.4 is 5.32 Å². The highest BCUT2D eigenvalue weighted by Crippen LogP contribution is 2.26. The quantitative estimate of drug-likeness (QED) is 0.462. The van der Waals surface area contributed by atoms with E-state index in [9.17, 15) is 4.79 Å². The minimum Gasteiger partial charge on any atom is -0.436 e. The van der Waals surface area contributed by atoms with Crippen LogP contribution in [0.4, 0.5) is 5.69 Å². The Morgan fingerprint density at radius 1 is 1.00 bits per heavy atom. The lowest BCUT2D eigenvalue weighted by molar-refractivity contribution is -0.115. The predicted octanol–water partition coefficient (Wildman–Crippen LogP) is 5.89. The normalized spacial score (nSPS) is 10.9. The van der Waals surface area contributed by atoms with E-state index < -0.39 is 0 Å². The maximum atomic E-state index is 12.3. The second-order valence-corrected chi connectivity index (χ2v) is 7.04. The molecule has 1 heterocycles. The van der Waals surface area contributed by atoms with Crippen molar-refractivity contribution in [3.05, 3.63) is 82.9 Å². The molecular formula is C23H19ClN2O2. The van der Waals surface area contributed by atoms with Crippen molar-refractivity contribution in [2.45, 2.75) is 19.8 Å². The molecule has 0 aliphatic heterocycles. The summed E-state index contributed by atoms with van der Waals surface area (Å²) in [5.41, 5.74) is 5.19. The molecule has 1 N–H and O–H groups in total. The number of rotatable bonds is 5. The van der Waals surface area contributed by atoms with Crippen molar-refractivity contribution >= 4 is 34.3 Å². The molecule has 3 aromatic carbocycles. The molecule has 0 aliphatic carbocycles. The first-order valence-electron chi connectivity index (χ1n) is 9.15. The molecule has 0 saturated heterocycles. The maximum absolute atomic E-state index is 12.3. The van der Waals surface area contributed by atoms with Crippen LogP contribution in [0.15, 0.2) is 71.1 Å². The Bertz CT molecular complexity index is 1120. The number of halogens is 1. The molecule has 0 unspecified atom stereocenters. The van der Waals surface area contributed by atoms with Gasteiger partial charge in [0.05, 0.1) is 6.42 Å². The third kappa shape index (κ3) is 4.07. The second kappa shape index (κ2) is 7.87. The van der Waals surface area contributed by atoms with Gasteiger partial charge in [0.25, 0.3) is 0 Å². The number of oxazole rings is 1. The molecule has 4 rings (SSSR count). The molecule has 0 radical (unpaired) electrons. The summed E-state index contributed by atoms with van der Waals surface area (Å²) in [6, 6.07) is 20.9. The lowest BCUT2D eigenvalue weighted by Crippen LogP contribution is -2.14. The van der Waals surface area contributed by atoms with Crippen LogP contribution in [0.1, 0.15) is 18.1 Å². The highest BCUT2D eigenvalue weighted by molar-refractivity contribution is 6.30. The summed E-state index contributed by atoms with van der Waals surface area (Å²) >= 11 is 5.88. The average molecular weight is 391 g/mol. The molecule has 28 heavy (non-hydrogen) atoms. The Morgan fingerprint density at radius 2 is 1.71 bits per heavy atom. The van der Waals surface area contributed by atoms with Crippen molar-refractivity contribution in [2.75, 3.05) is 5.32 Å². The smallest absolute Gasteiger partial charge is 0.228 e. The Balaban J connectivity index is 1.50. The molecule has 4 nitrogen and oxygen atoms in total. The fraction of sp³-hybridized carbons (Fsp3) is 0.130. The zero-order chi connectivity index (χ0) is 19.5. The Labute approximate surface area is 168 Å². The number of aryl methyl sites for hydroxylation is 1. The molecule has 0 atom stereocenters. The van der Waals surface area contributed by atoms with Gasteiger partial charge in [0.1, 0.15) is 5.52 Å². The Kier molecular flexibility index (Phi) is 5.13. The molecule has 4 aromatic rings. The summed E-state index contributed by atoms with van der Waals surface area (Å²) in [6.07, 6.45) is 1.27. The molecule has 140 valence electrons. The molecule has 0 saturated carbocycles. The van der Waals surface area contributed by atoms with Crippen LogP contribution in [0.2, 0.25) is 5.02 Å². The van der Waals surface area contributed by atoms with E-state index in [0.29, 0.717) is 27.7 Å². The lowest BCUT2D eigenvalue weighted by atomic mass is 10.1. The first-order valence-corrected chi connectivity index (χ1v) is 9.53. The van der Waals surface area contributed by atoms with Crippen molar-refractivity contribution < 1.29 is 9.21 Å². The molecule has 0 fully saturated rings. The average Bonchev–Trinajstić information content (AvgIpc) is 3.13. The number of nitrogens with one attached hydrogen (secondary N) is 1. The van der Waals surface area contributed by atoms with Gasteiger partial charge in [-0.05, 0) is 60.0 Å². The summed E-state index contributed by atoms with van der Waals surface area (Å²) in [5.74, 6) is 0.475. The van der Waals surface area contributed by atoms with Gasteiger partial charge in [-0.15, -0.1) is 0 Å². The van der Waals surface area contributed by atoms with E-state index in [-0.39, 0.29) is 12.3 Å². The maximum Gasteiger partial charge on any atom is 0.228 e. The van der Waals surface area contributed by atoms with Gasteiger partial charge in [-0.1, -0.05) is 42.8 Å². The van der Waals surface area contributed by atoms with Gasteiger partial charge in [0, 0.05) is 16.3 Å². The highest BCUT2D eigenvalue weighted by atomic mass is 35.5. The van der Waals surface area contributed by atoms with Gasteiger partial charge in [-0.25, -0.2) is 4.98 Å². The number of anilines is 1. The number of benzene rings is 3. The number of carbonyl (C=O) groups excluding carboxylic acids is 1. The van der Waals surface area contributed by atoms with E-state index >= 15 is 0 Å². The Morgan fingerprint density at radius 3 is 2.43 bits per heavy atom.